The van der Waals surface area contributed by atoms with Crippen molar-refractivity contribution in [1.29, 1.82) is 0 Å². The van der Waals surface area contributed by atoms with E-state index in [0.29, 0.717) is 6.42 Å². The number of rotatable bonds is 7. The van der Waals surface area contributed by atoms with Crippen LogP contribution in [0, 0.1) is 17.3 Å². The zero-order valence-electron chi connectivity index (χ0n) is 24.0. The molecule has 1 saturated heterocycles. The second-order valence-corrected chi connectivity index (χ2v) is 12.9. The van der Waals surface area contributed by atoms with Gasteiger partial charge in [-0.1, -0.05) is 32.1 Å². The SMILES string of the molecule is COC(=O)C1CCC(OC2CCCCCC2NC(=O)C(C(N)N)C2CC3(CCCC3)CCCC(F)CN2)CC1. The van der Waals surface area contributed by atoms with Gasteiger partial charge in [-0.2, -0.15) is 0 Å². The maximum atomic E-state index is 14.6. The molecule has 1 spiro atoms. The van der Waals surface area contributed by atoms with Crippen molar-refractivity contribution in [3.05, 3.63) is 0 Å². The molecule has 1 heterocycles. The van der Waals surface area contributed by atoms with E-state index < -0.39 is 18.3 Å². The molecule has 1 aliphatic heterocycles. The highest BCUT2D eigenvalue weighted by Gasteiger charge is 2.43. The third-order valence-corrected chi connectivity index (χ3v) is 10.2. The maximum absolute atomic E-state index is 14.6. The first kappa shape index (κ1) is 30.7. The van der Waals surface area contributed by atoms with Gasteiger partial charge in [-0.3, -0.25) is 9.59 Å². The number of alkyl halides is 1. The summed E-state index contributed by atoms with van der Waals surface area (Å²) in [4.78, 5) is 25.8. The van der Waals surface area contributed by atoms with Crippen LogP contribution in [0.2, 0.25) is 0 Å². The Morgan fingerprint density at radius 1 is 0.923 bits per heavy atom. The average Bonchev–Trinajstić information content (AvgIpc) is 3.29. The van der Waals surface area contributed by atoms with Gasteiger partial charge in [-0.05, 0) is 82.5 Å². The van der Waals surface area contributed by atoms with Crippen molar-refractivity contribution in [3.8, 4) is 0 Å². The molecule has 0 aromatic carbocycles. The van der Waals surface area contributed by atoms with E-state index in [1.165, 1.54) is 20.0 Å². The standard InChI is InChI=1S/C30H53FN4O4/c1-38-29(37)20-11-13-22(14-12-20)39-25-10-4-2-3-9-23(25)35-28(36)26(27(32)33)24-18-30(15-5-6-16-30)17-7-8-21(31)19-34-24/h20-27,34H,2-19,32-33H2,1H3,(H,35,36). The van der Waals surface area contributed by atoms with Gasteiger partial charge in [0.1, 0.15) is 6.17 Å². The van der Waals surface area contributed by atoms with Gasteiger partial charge >= 0.3 is 5.97 Å². The summed E-state index contributed by atoms with van der Waals surface area (Å²) in [6.45, 7) is 0.237. The highest BCUT2D eigenvalue weighted by Crippen LogP contribution is 2.47. The zero-order valence-corrected chi connectivity index (χ0v) is 24.0. The number of amides is 1. The van der Waals surface area contributed by atoms with Crippen LogP contribution in [0.15, 0.2) is 0 Å². The summed E-state index contributed by atoms with van der Waals surface area (Å²) < 4.78 is 26.2. The Morgan fingerprint density at radius 2 is 1.62 bits per heavy atom. The van der Waals surface area contributed by atoms with Crippen LogP contribution >= 0.6 is 0 Å². The molecule has 3 aliphatic carbocycles. The molecule has 0 aromatic heterocycles. The van der Waals surface area contributed by atoms with E-state index in [1.807, 2.05) is 0 Å². The Bertz CT molecular complexity index is 785. The topological polar surface area (TPSA) is 129 Å². The molecule has 0 radical (unpaired) electrons. The number of halogens is 1. The molecule has 5 unspecified atom stereocenters. The molecule has 1 amide bonds. The van der Waals surface area contributed by atoms with Crippen molar-refractivity contribution in [2.45, 2.75) is 146 Å². The fourth-order valence-electron chi connectivity index (χ4n) is 7.91. The molecule has 6 N–H and O–H groups in total. The molecule has 4 aliphatic rings. The summed E-state index contributed by atoms with van der Waals surface area (Å²) in [6.07, 6.45) is 14.4. The maximum Gasteiger partial charge on any atom is 0.308 e. The van der Waals surface area contributed by atoms with E-state index in [2.05, 4.69) is 10.6 Å². The molecule has 0 bridgehead atoms. The van der Waals surface area contributed by atoms with Crippen LogP contribution in [-0.4, -0.2) is 62.2 Å². The fraction of sp³-hybridized carbons (Fsp3) is 0.933. The van der Waals surface area contributed by atoms with Crippen molar-refractivity contribution < 1.29 is 23.5 Å². The minimum atomic E-state index is -0.921. The smallest absolute Gasteiger partial charge is 0.308 e. The van der Waals surface area contributed by atoms with E-state index in [9.17, 15) is 14.0 Å². The number of carbonyl (C=O) groups is 2. The Balaban J connectivity index is 1.43. The second-order valence-electron chi connectivity index (χ2n) is 12.9. The van der Waals surface area contributed by atoms with Crippen molar-refractivity contribution in [3.63, 3.8) is 0 Å². The molecular formula is C30H53FN4O4. The van der Waals surface area contributed by atoms with Gasteiger partial charge < -0.3 is 31.6 Å². The first-order chi connectivity index (χ1) is 18.8. The number of ether oxygens (including phenoxy) is 2. The molecule has 0 aromatic rings. The van der Waals surface area contributed by atoms with Gasteiger partial charge in [-0.25, -0.2) is 4.39 Å². The summed E-state index contributed by atoms with van der Waals surface area (Å²) in [7, 11) is 1.45. The van der Waals surface area contributed by atoms with Crippen molar-refractivity contribution in [2.24, 2.45) is 28.7 Å². The zero-order chi connectivity index (χ0) is 27.8. The summed E-state index contributed by atoms with van der Waals surface area (Å²) in [5.41, 5.74) is 12.7. The highest BCUT2D eigenvalue weighted by atomic mass is 19.1. The number of esters is 1. The molecule has 224 valence electrons. The van der Waals surface area contributed by atoms with Crippen LogP contribution < -0.4 is 22.1 Å². The van der Waals surface area contributed by atoms with E-state index in [-0.39, 0.29) is 54.0 Å². The minimum absolute atomic E-state index is 0.0427. The first-order valence-electron chi connectivity index (χ1n) is 15.7. The van der Waals surface area contributed by atoms with Crippen molar-refractivity contribution in [1.82, 2.24) is 10.6 Å². The normalized spacial score (nSPS) is 34.9. The molecule has 8 nitrogen and oxygen atoms in total. The van der Waals surface area contributed by atoms with Crippen LogP contribution in [0.1, 0.15) is 109 Å². The number of nitrogens with two attached hydrogens (primary N) is 2. The summed E-state index contributed by atoms with van der Waals surface area (Å²) in [5.74, 6) is -0.944. The highest BCUT2D eigenvalue weighted by molar-refractivity contribution is 5.80. The minimum Gasteiger partial charge on any atom is -0.469 e. The fourth-order valence-corrected chi connectivity index (χ4v) is 7.91. The van der Waals surface area contributed by atoms with Gasteiger partial charge in [0.05, 0.1) is 43.4 Å². The summed E-state index contributed by atoms with van der Waals surface area (Å²) in [6, 6.07) is -0.358. The third-order valence-electron chi connectivity index (χ3n) is 10.2. The second kappa shape index (κ2) is 14.6. The van der Waals surface area contributed by atoms with Gasteiger partial charge in [0.15, 0.2) is 0 Å². The van der Waals surface area contributed by atoms with Gasteiger partial charge in [-0.15, -0.1) is 0 Å². The van der Waals surface area contributed by atoms with E-state index in [0.717, 1.165) is 89.9 Å². The molecular weight excluding hydrogens is 499 g/mol. The molecule has 4 rings (SSSR count). The van der Waals surface area contributed by atoms with E-state index in [4.69, 9.17) is 20.9 Å². The predicted molar refractivity (Wildman–Crippen MR) is 149 cm³/mol. The van der Waals surface area contributed by atoms with Crippen LogP contribution in [0.5, 0.6) is 0 Å². The molecule has 39 heavy (non-hydrogen) atoms. The summed E-state index contributed by atoms with van der Waals surface area (Å²) in [5, 5.41) is 6.73. The Morgan fingerprint density at radius 3 is 2.31 bits per heavy atom. The van der Waals surface area contributed by atoms with Crippen LogP contribution in [0.25, 0.3) is 0 Å². The number of hydrogen-bond donors (Lipinski definition) is 4. The number of nitrogens with one attached hydrogen (secondary N) is 2. The number of methoxy groups -OCH3 is 1. The Labute approximate surface area is 234 Å². The van der Waals surface area contributed by atoms with Crippen molar-refractivity contribution in [2.75, 3.05) is 13.7 Å². The largest absolute Gasteiger partial charge is 0.469 e. The molecule has 4 fully saturated rings. The Kier molecular flexibility index (Phi) is 11.4. The van der Waals surface area contributed by atoms with Crippen LogP contribution in [0.3, 0.4) is 0 Å². The quantitative estimate of drug-likeness (QED) is 0.215. The third kappa shape index (κ3) is 8.37. The lowest BCUT2D eigenvalue weighted by molar-refractivity contribution is -0.148. The monoisotopic (exact) mass is 552 g/mol. The van der Waals surface area contributed by atoms with Crippen molar-refractivity contribution >= 4 is 11.9 Å². The number of carbonyl (C=O) groups excluding carboxylic acids is 2. The molecule has 5 atom stereocenters. The van der Waals surface area contributed by atoms with Crippen LogP contribution in [-0.2, 0) is 19.1 Å². The average molecular weight is 553 g/mol. The van der Waals surface area contributed by atoms with E-state index in [1.54, 1.807) is 0 Å². The van der Waals surface area contributed by atoms with Gasteiger partial charge in [0, 0.05) is 12.6 Å². The lowest BCUT2D eigenvalue weighted by Gasteiger charge is -2.38. The predicted octanol–water partition coefficient (Wildman–Crippen LogP) is 3.84. The summed E-state index contributed by atoms with van der Waals surface area (Å²) >= 11 is 0. The van der Waals surface area contributed by atoms with Gasteiger partial charge in [0.2, 0.25) is 5.91 Å². The van der Waals surface area contributed by atoms with Gasteiger partial charge in [0.25, 0.3) is 0 Å². The first-order valence-corrected chi connectivity index (χ1v) is 15.7. The molecule has 9 heteroatoms. The van der Waals surface area contributed by atoms with Crippen LogP contribution in [0.4, 0.5) is 4.39 Å². The Hall–Kier alpha value is -1.29. The lowest BCUT2D eigenvalue weighted by atomic mass is 9.73. The number of hydrogen-bond acceptors (Lipinski definition) is 7. The lowest BCUT2D eigenvalue weighted by Crippen LogP contribution is -2.59. The van der Waals surface area contributed by atoms with E-state index >= 15 is 0 Å². The molecule has 3 saturated carbocycles.